The molecule has 9 heteroatoms. The zero-order chi connectivity index (χ0) is 19.4. The number of anilines is 2. The molecule has 1 aromatic carbocycles. The zero-order valence-corrected chi connectivity index (χ0v) is 14.7. The second-order valence-corrected chi connectivity index (χ2v) is 6.42. The van der Waals surface area contributed by atoms with Crippen molar-refractivity contribution in [2.75, 3.05) is 5.32 Å². The Labute approximate surface area is 157 Å². The van der Waals surface area contributed by atoms with Crippen LogP contribution in [0, 0.1) is 11.8 Å². The van der Waals surface area contributed by atoms with Gasteiger partial charge in [0.1, 0.15) is 11.3 Å². The van der Waals surface area contributed by atoms with Crippen LogP contribution in [0.4, 0.5) is 11.5 Å². The van der Waals surface area contributed by atoms with Crippen LogP contribution >= 0.6 is 0 Å². The summed E-state index contributed by atoms with van der Waals surface area (Å²) in [6.07, 6.45) is 8.04. The average molecular weight is 365 g/mol. The van der Waals surface area contributed by atoms with E-state index in [-0.39, 0.29) is 0 Å². The van der Waals surface area contributed by atoms with E-state index in [1.807, 2.05) is 16.8 Å². The van der Waals surface area contributed by atoms with Crippen molar-refractivity contribution in [3.05, 3.63) is 41.5 Å². The summed E-state index contributed by atoms with van der Waals surface area (Å²) >= 11 is 0. The van der Waals surface area contributed by atoms with Crippen molar-refractivity contribution >= 4 is 30.6 Å². The maximum atomic E-state index is 11.8. The van der Waals surface area contributed by atoms with E-state index in [2.05, 4.69) is 17.0 Å². The number of benzene rings is 1. The molecule has 4 N–H and O–H groups in total. The Morgan fingerprint density at radius 2 is 2.15 bits per heavy atom. The molecule has 1 amide bonds. The molecule has 1 aliphatic heterocycles. The van der Waals surface area contributed by atoms with Crippen molar-refractivity contribution < 1.29 is 14.5 Å². The lowest BCUT2D eigenvalue weighted by atomic mass is 9.86. The first-order valence-corrected chi connectivity index (χ1v) is 8.69. The van der Waals surface area contributed by atoms with Gasteiger partial charge in [-0.1, -0.05) is 18.9 Å². The summed E-state index contributed by atoms with van der Waals surface area (Å²) in [6, 6.07) is 5.78. The quantitative estimate of drug-likeness (QED) is 0.714. The Bertz CT molecular complexity index is 886. The van der Waals surface area contributed by atoms with Gasteiger partial charge in [0.15, 0.2) is 5.82 Å². The van der Waals surface area contributed by atoms with E-state index in [9.17, 15) is 9.82 Å². The Morgan fingerprint density at radius 3 is 2.85 bits per heavy atom. The van der Waals surface area contributed by atoms with Gasteiger partial charge in [-0.25, -0.2) is 5.26 Å². The molecule has 0 atom stereocenters. The predicted octanol–water partition coefficient (Wildman–Crippen LogP) is 2.41. The van der Waals surface area contributed by atoms with Crippen molar-refractivity contribution in [3.63, 3.8) is 0 Å². The fraction of sp³-hybridized carbons (Fsp3) is 0.278. The number of fused-ring (bicyclic) bond motifs is 1. The minimum atomic E-state index is -0.921. The topological polar surface area (TPSA) is 126 Å². The van der Waals surface area contributed by atoms with Gasteiger partial charge in [0.05, 0.1) is 6.04 Å². The van der Waals surface area contributed by atoms with Gasteiger partial charge >= 0.3 is 7.12 Å². The van der Waals surface area contributed by atoms with Gasteiger partial charge in [0.2, 0.25) is 0 Å². The molecule has 8 nitrogen and oxygen atoms in total. The molecule has 27 heavy (non-hydrogen) atoms. The van der Waals surface area contributed by atoms with E-state index in [4.69, 9.17) is 15.6 Å². The normalized spacial score (nSPS) is 15.4. The third-order valence-electron chi connectivity index (χ3n) is 4.66. The van der Waals surface area contributed by atoms with Crippen LogP contribution in [0.15, 0.2) is 30.4 Å². The van der Waals surface area contributed by atoms with Crippen LogP contribution in [-0.4, -0.2) is 27.8 Å². The third kappa shape index (κ3) is 3.96. The van der Waals surface area contributed by atoms with Crippen LogP contribution in [0.1, 0.15) is 47.6 Å². The summed E-state index contributed by atoms with van der Waals surface area (Å²) < 4.78 is 7.17. The number of nitrogens with one attached hydrogen (secondary N) is 1. The van der Waals surface area contributed by atoms with Gasteiger partial charge in [-0.15, -0.1) is 0 Å². The van der Waals surface area contributed by atoms with Crippen LogP contribution in [-0.2, 0) is 0 Å². The zero-order valence-electron chi connectivity index (χ0n) is 14.7. The van der Waals surface area contributed by atoms with Crippen LogP contribution < -0.4 is 15.7 Å². The molecule has 1 aromatic heterocycles. The lowest BCUT2D eigenvalue weighted by Crippen LogP contribution is -2.21. The Hall–Kier alpha value is -3.25. The van der Waals surface area contributed by atoms with Gasteiger partial charge in [0.25, 0.3) is 5.91 Å². The molecule has 1 saturated carbocycles. The number of carbonyl (C=O) groups is 1. The van der Waals surface area contributed by atoms with Crippen molar-refractivity contribution in [2.45, 2.75) is 31.7 Å². The minimum Gasteiger partial charge on any atom is -0.532 e. The van der Waals surface area contributed by atoms with Crippen LogP contribution in [0.2, 0.25) is 0 Å². The lowest BCUT2D eigenvalue weighted by molar-refractivity contribution is 0.100. The Kier molecular flexibility index (Phi) is 5.47. The molecular weight excluding hydrogens is 345 g/mol. The van der Waals surface area contributed by atoms with E-state index in [1.165, 1.54) is 12.8 Å². The average Bonchev–Trinajstić information content (AvgIpc) is 3.33. The summed E-state index contributed by atoms with van der Waals surface area (Å²) in [7, 11) is -0.921. The van der Waals surface area contributed by atoms with Crippen LogP contribution in [0.3, 0.4) is 0 Å². The molecule has 0 radical (unpaired) electrons. The smallest absolute Gasteiger partial charge is 0.532 e. The van der Waals surface area contributed by atoms with E-state index < -0.39 is 13.0 Å². The van der Waals surface area contributed by atoms with Gasteiger partial charge in [0, 0.05) is 24.0 Å². The standard InChI is InChI=1S/C17H19BN4O3.CHN/c19-16(23)14-10-22(13-3-1-2-4-13)21-17(14)20-12-5-6-15-11(9-12)7-8-18(24)25-15;1-2/h5-10,13,24H,1-4H2,(H2,19,23)(H,20,21);1H. The van der Waals surface area contributed by atoms with Gasteiger partial charge in [-0.3, -0.25) is 9.48 Å². The number of hydrogen-bond donors (Lipinski definition) is 3. The Morgan fingerprint density at radius 1 is 1.41 bits per heavy atom. The first kappa shape index (κ1) is 18.5. The molecule has 2 heterocycles. The summed E-state index contributed by atoms with van der Waals surface area (Å²) in [6.45, 7) is 3.50. The van der Waals surface area contributed by atoms with Crippen molar-refractivity contribution in [2.24, 2.45) is 5.73 Å². The predicted molar refractivity (Wildman–Crippen MR) is 102 cm³/mol. The number of primary amides is 1. The number of aromatic nitrogens is 2. The van der Waals surface area contributed by atoms with E-state index in [0.29, 0.717) is 23.2 Å². The molecule has 1 aliphatic carbocycles. The number of amides is 1. The number of hydrogen-bond acceptors (Lipinski definition) is 6. The summed E-state index contributed by atoms with van der Waals surface area (Å²) in [5, 5.41) is 23.7. The first-order chi connectivity index (χ1) is 13.1. The van der Waals surface area contributed by atoms with Crippen LogP contribution in [0.25, 0.3) is 6.08 Å². The number of nitriles is 1. The number of carbonyl (C=O) groups excluding carboxylic acids is 1. The fourth-order valence-corrected chi connectivity index (χ4v) is 3.38. The molecule has 138 valence electrons. The van der Waals surface area contributed by atoms with Gasteiger partial charge in [-0.05, 0) is 37.0 Å². The van der Waals surface area contributed by atoms with Crippen molar-refractivity contribution in [1.29, 1.82) is 5.26 Å². The SMILES string of the molecule is C#N.NC(=O)c1cn(C2CCCC2)nc1Nc1ccc2c(c1)C=CB(O)O2. The van der Waals surface area contributed by atoms with E-state index in [0.717, 1.165) is 24.1 Å². The molecular formula is C18H20BN5O3. The highest BCUT2D eigenvalue weighted by Crippen LogP contribution is 2.32. The molecule has 0 saturated heterocycles. The van der Waals surface area contributed by atoms with Crippen molar-refractivity contribution in [3.8, 4) is 12.3 Å². The number of nitrogens with two attached hydrogens (primary N) is 1. The number of nitrogens with zero attached hydrogens (tertiary/aromatic N) is 3. The van der Waals surface area contributed by atoms with E-state index in [1.54, 1.807) is 24.3 Å². The lowest BCUT2D eigenvalue weighted by Gasteiger charge is -2.16. The minimum absolute atomic E-state index is 0.329. The third-order valence-corrected chi connectivity index (χ3v) is 4.66. The molecule has 2 aromatic rings. The maximum absolute atomic E-state index is 11.8. The fourth-order valence-electron chi connectivity index (χ4n) is 3.38. The number of rotatable bonds is 4. The van der Waals surface area contributed by atoms with Crippen molar-refractivity contribution in [1.82, 2.24) is 9.78 Å². The first-order valence-electron chi connectivity index (χ1n) is 8.69. The van der Waals surface area contributed by atoms with Gasteiger partial charge < -0.3 is 20.7 Å². The molecule has 1 fully saturated rings. The molecule has 2 aliphatic rings. The molecule has 0 spiro atoms. The highest BCUT2D eigenvalue weighted by Gasteiger charge is 2.22. The molecule has 0 bridgehead atoms. The van der Waals surface area contributed by atoms with Crippen LogP contribution in [0.5, 0.6) is 5.75 Å². The largest absolute Gasteiger partial charge is 0.552 e. The molecule has 0 unspecified atom stereocenters. The summed E-state index contributed by atoms with van der Waals surface area (Å²) in [4.78, 5) is 11.8. The Balaban J connectivity index is 0.00000102. The highest BCUT2D eigenvalue weighted by molar-refractivity contribution is 6.51. The maximum Gasteiger partial charge on any atom is 0.552 e. The highest BCUT2D eigenvalue weighted by atomic mass is 16.5. The van der Waals surface area contributed by atoms with Gasteiger partial charge in [-0.2, -0.15) is 5.10 Å². The second-order valence-electron chi connectivity index (χ2n) is 6.42. The molecule has 4 rings (SSSR count). The van der Waals surface area contributed by atoms with E-state index >= 15 is 0 Å². The summed E-state index contributed by atoms with van der Waals surface area (Å²) in [5.41, 5.74) is 7.50. The summed E-state index contributed by atoms with van der Waals surface area (Å²) in [5.74, 6) is 2.12. The monoisotopic (exact) mass is 365 g/mol. The second kappa shape index (κ2) is 7.97.